The van der Waals surface area contributed by atoms with Gasteiger partial charge in [0.1, 0.15) is 24.5 Å². The Balaban J connectivity index is 1.69. The zero-order valence-electron chi connectivity index (χ0n) is 14.5. The minimum atomic E-state index is -0.0749. The summed E-state index contributed by atoms with van der Waals surface area (Å²) >= 11 is 0. The third-order valence-electron chi connectivity index (χ3n) is 5.61. The molecule has 7 heteroatoms. The Labute approximate surface area is 147 Å². The number of rotatable bonds is 4. The maximum Gasteiger partial charge on any atom is 0.147 e. The molecule has 3 heterocycles. The number of nitrogens with two attached hydrogens (primary N) is 1. The molecule has 0 aromatic carbocycles. The highest BCUT2D eigenvalue weighted by Gasteiger charge is 2.25. The summed E-state index contributed by atoms with van der Waals surface area (Å²) in [4.78, 5) is 8.98. The van der Waals surface area contributed by atoms with Crippen LogP contribution in [-0.4, -0.2) is 44.9 Å². The number of aromatic nitrogens is 3. The lowest BCUT2D eigenvalue weighted by Gasteiger charge is -2.28. The van der Waals surface area contributed by atoms with Crippen molar-refractivity contribution in [2.45, 2.75) is 63.3 Å². The van der Waals surface area contributed by atoms with Gasteiger partial charge >= 0.3 is 0 Å². The monoisotopic (exact) mass is 345 g/mol. The zero-order chi connectivity index (χ0) is 17.2. The van der Waals surface area contributed by atoms with Crippen molar-refractivity contribution >= 4 is 16.9 Å². The second kappa shape index (κ2) is 7.27. The van der Waals surface area contributed by atoms with Crippen LogP contribution in [0.15, 0.2) is 12.5 Å². The topological polar surface area (TPSA) is 98.2 Å². The highest BCUT2D eigenvalue weighted by Crippen LogP contribution is 2.36. The van der Waals surface area contributed by atoms with Crippen LogP contribution in [0.5, 0.6) is 0 Å². The molecule has 0 radical (unpaired) electrons. The van der Waals surface area contributed by atoms with Gasteiger partial charge in [-0.1, -0.05) is 0 Å². The van der Waals surface area contributed by atoms with Crippen molar-refractivity contribution in [2.24, 2.45) is 5.73 Å². The fraction of sp³-hybridized carbons (Fsp3) is 0.667. The quantitative estimate of drug-likeness (QED) is 0.783. The van der Waals surface area contributed by atoms with Crippen molar-refractivity contribution in [3.63, 3.8) is 0 Å². The van der Waals surface area contributed by atoms with Crippen molar-refractivity contribution in [3.8, 4) is 0 Å². The molecular weight excluding hydrogens is 318 g/mol. The van der Waals surface area contributed by atoms with Gasteiger partial charge in [-0.25, -0.2) is 9.97 Å². The molecule has 136 valence electrons. The van der Waals surface area contributed by atoms with E-state index in [1.165, 1.54) is 5.56 Å². The van der Waals surface area contributed by atoms with Gasteiger partial charge in [0.05, 0.1) is 5.39 Å². The number of hydrogen-bond donors (Lipinski definition) is 3. The van der Waals surface area contributed by atoms with Crippen LogP contribution in [0.4, 0.5) is 5.82 Å². The molecule has 1 aliphatic carbocycles. The number of hydrogen-bond acceptors (Lipinski definition) is 6. The Morgan fingerprint density at radius 2 is 1.92 bits per heavy atom. The van der Waals surface area contributed by atoms with Crippen LogP contribution in [0.2, 0.25) is 0 Å². The maximum absolute atomic E-state index is 9.73. The number of fused-ring (bicyclic) bond motifs is 1. The minimum Gasteiger partial charge on any atom is -0.381 e. The van der Waals surface area contributed by atoms with Gasteiger partial charge in [0.25, 0.3) is 0 Å². The second-order valence-corrected chi connectivity index (χ2v) is 7.26. The normalized spacial score (nSPS) is 25.4. The first-order chi connectivity index (χ1) is 12.3. The fourth-order valence-corrected chi connectivity index (χ4v) is 4.15. The van der Waals surface area contributed by atoms with Crippen molar-refractivity contribution in [1.82, 2.24) is 14.5 Å². The van der Waals surface area contributed by atoms with E-state index in [1.807, 2.05) is 10.8 Å². The van der Waals surface area contributed by atoms with Gasteiger partial charge < -0.3 is 25.5 Å². The molecule has 4 N–H and O–H groups in total. The van der Waals surface area contributed by atoms with Gasteiger partial charge in [-0.15, -0.1) is 0 Å². The van der Waals surface area contributed by atoms with E-state index in [-0.39, 0.29) is 6.73 Å². The maximum atomic E-state index is 9.73. The molecule has 0 atom stereocenters. The van der Waals surface area contributed by atoms with E-state index < -0.39 is 0 Å². The Morgan fingerprint density at radius 1 is 1.16 bits per heavy atom. The summed E-state index contributed by atoms with van der Waals surface area (Å²) in [6.07, 6.45) is 9.86. The van der Waals surface area contributed by atoms with Crippen LogP contribution >= 0.6 is 0 Å². The van der Waals surface area contributed by atoms with Gasteiger partial charge in [-0.3, -0.25) is 0 Å². The fourth-order valence-electron chi connectivity index (χ4n) is 4.15. The van der Waals surface area contributed by atoms with Crippen LogP contribution in [0.25, 0.3) is 11.0 Å². The molecular formula is C18H27N5O2. The van der Waals surface area contributed by atoms with Crippen LogP contribution in [0.1, 0.15) is 50.0 Å². The van der Waals surface area contributed by atoms with Gasteiger partial charge in [0, 0.05) is 31.5 Å². The summed E-state index contributed by atoms with van der Waals surface area (Å²) in [6, 6.07) is 0.731. The van der Waals surface area contributed by atoms with Crippen molar-refractivity contribution in [3.05, 3.63) is 18.1 Å². The third kappa shape index (κ3) is 3.36. The van der Waals surface area contributed by atoms with Gasteiger partial charge in [-0.2, -0.15) is 0 Å². The molecule has 0 bridgehead atoms. The molecule has 2 aliphatic rings. The summed E-state index contributed by atoms with van der Waals surface area (Å²) in [5.74, 6) is 1.31. The number of anilines is 1. The van der Waals surface area contributed by atoms with Gasteiger partial charge in [0.2, 0.25) is 0 Å². The number of nitrogens with zero attached hydrogens (tertiary/aromatic N) is 3. The predicted molar refractivity (Wildman–Crippen MR) is 96.4 cm³/mol. The highest BCUT2D eigenvalue weighted by atomic mass is 16.5. The highest BCUT2D eigenvalue weighted by molar-refractivity contribution is 5.91. The smallest absolute Gasteiger partial charge is 0.147 e. The van der Waals surface area contributed by atoms with Gasteiger partial charge in [0.15, 0.2) is 0 Å². The molecule has 2 fully saturated rings. The molecule has 1 saturated heterocycles. The van der Waals surface area contributed by atoms with E-state index in [0.29, 0.717) is 18.0 Å². The summed E-state index contributed by atoms with van der Waals surface area (Å²) in [5.41, 5.74) is 8.05. The number of aliphatic hydroxyl groups excluding tert-OH is 1. The van der Waals surface area contributed by atoms with Crippen molar-refractivity contribution in [1.29, 1.82) is 0 Å². The average Bonchev–Trinajstić information content (AvgIpc) is 3.04. The van der Waals surface area contributed by atoms with Crippen molar-refractivity contribution in [2.75, 3.05) is 18.5 Å². The van der Waals surface area contributed by atoms with E-state index in [4.69, 9.17) is 10.5 Å². The van der Waals surface area contributed by atoms with E-state index in [1.54, 1.807) is 6.33 Å². The Kier molecular flexibility index (Phi) is 4.87. The van der Waals surface area contributed by atoms with E-state index in [0.717, 1.165) is 68.6 Å². The summed E-state index contributed by atoms with van der Waals surface area (Å²) in [7, 11) is 0. The molecule has 1 saturated carbocycles. The number of aliphatic hydroxyl groups is 1. The Bertz CT molecular complexity index is 718. The van der Waals surface area contributed by atoms with Crippen molar-refractivity contribution < 1.29 is 9.84 Å². The second-order valence-electron chi connectivity index (χ2n) is 7.26. The summed E-state index contributed by atoms with van der Waals surface area (Å²) in [6.45, 7) is 1.50. The van der Waals surface area contributed by atoms with Crippen LogP contribution in [0.3, 0.4) is 0 Å². The Morgan fingerprint density at radius 3 is 2.64 bits per heavy atom. The first-order valence-electron chi connectivity index (χ1n) is 9.30. The average molecular weight is 345 g/mol. The predicted octanol–water partition coefficient (Wildman–Crippen LogP) is 1.96. The molecule has 25 heavy (non-hydrogen) atoms. The molecule has 1 aliphatic heterocycles. The molecule has 2 aromatic rings. The first-order valence-corrected chi connectivity index (χ1v) is 9.30. The molecule has 2 aromatic heterocycles. The molecule has 0 amide bonds. The largest absolute Gasteiger partial charge is 0.381 e. The van der Waals surface area contributed by atoms with E-state index >= 15 is 0 Å². The number of ether oxygens (including phenoxy) is 1. The molecule has 0 unspecified atom stereocenters. The molecule has 7 nitrogen and oxygen atoms in total. The number of nitrogens with one attached hydrogen (secondary N) is 1. The summed E-state index contributed by atoms with van der Waals surface area (Å²) in [5, 5.41) is 14.4. The van der Waals surface area contributed by atoms with E-state index in [9.17, 15) is 5.11 Å². The minimum absolute atomic E-state index is 0.0749. The zero-order valence-corrected chi connectivity index (χ0v) is 14.5. The Hall–Kier alpha value is -1.70. The first kappa shape index (κ1) is 16.8. The SMILES string of the molecule is N[C@H]1CC[C@H](Nc2ncnc3c2c(C2CCOCC2)cn3CO)CC1. The lowest BCUT2D eigenvalue weighted by molar-refractivity contribution is 0.0855. The lowest BCUT2D eigenvalue weighted by Crippen LogP contribution is -2.33. The standard InChI is InChI=1S/C18H27N5O2/c19-13-1-3-14(4-2-13)22-17-16-15(12-5-7-25-8-6-12)9-23(11-24)18(16)21-10-20-17/h9-10,12-14,24H,1-8,11,19H2,(H,20,21,22)/t13-,14-. The summed E-state index contributed by atoms with van der Waals surface area (Å²) < 4.78 is 7.32. The molecule has 4 rings (SSSR count). The van der Waals surface area contributed by atoms with Gasteiger partial charge in [-0.05, 0) is 50.0 Å². The lowest BCUT2D eigenvalue weighted by atomic mass is 9.90. The molecule has 0 spiro atoms. The van der Waals surface area contributed by atoms with E-state index in [2.05, 4.69) is 15.3 Å². The third-order valence-corrected chi connectivity index (χ3v) is 5.61. The van der Waals surface area contributed by atoms with Crippen LogP contribution in [0, 0.1) is 0 Å². The van der Waals surface area contributed by atoms with Crippen LogP contribution < -0.4 is 11.1 Å². The van der Waals surface area contributed by atoms with Crippen LogP contribution in [-0.2, 0) is 11.5 Å².